The summed E-state index contributed by atoms with van der Waals surface area (Å²) in [7, 11) is 0. The highest BCUT2D eigenvalue weighted by molar-refractivity contribution is 4.92. The van der Waals surface area contributed by atoms with Crippen molar-refractivity contribution >= 4 is 0 Å². The lowest BCUT2D eigenvalue weighted by Gasteiger charge is -2.53. The van der Waals surface area contributed by atoms with Crippen LogP contribution in [0, 0.1) is 17.3 Å². The molecular formula is C13H22O4. The first-order chi connectivity index (χ1) is 7.92. The second-order valence-electron chi connectivity index (χ2n) is 5.65. The minimum atomic E-state index is -1.07. The van der Waals surface area contributed by atoms with Crippen molar-refractivity contribution in [3.63, 3.8) is 0 Å². The molecule has 0 amide bonds. The Morgan fingerprint density at radius 3 is 2.06 bits per heavy atom. The summed E-state index contributed by atoms with van der Waals surface area (Å²) < 4.78 is 17.1. The Balaban J connectivity index is 2.09. The summed E-state index contributed by atoms with van der Waals surface area (Å²) in [5.41, 5.74) is -0.0452. The van der Waals surface area contributed by atoms with Crippen molar-refractivity contribution in [1.82, 2.24) is 0 Å². The third kappa shape index (κ3) is 2.15. The molecule has 3 aliphatic heterocycles. The molecule has 98 valence electrons. The van der Waals surface area contributed by atoms with Crippen LogP contribution in [0.3, 0.4) is 0 Å². The number of ether oxygens (including phenoxy) is 3. The van der Waals surface area contributed by atoms with Gasteiger partial charge in [-0.3, -0.25) is 0 Å². The maximum Gasteiger partial charge on any atom is 0.288 e. The third-order valence-electron chi connectivity index (χ3n) is 3.85. The predicted octanol–water partition coefficient (Wildman–Crippen LogP) is 1.54. The van der Waals surface area contributed by atoms with E-state index in [1.165, 1.54) is 0 Å². The van der Waals surface area contributed by atoms with E-state index in [1.54, 1.807) is 6.08 Å². The molecule has 3 saturated heterocycles. The molecule has 0 aromatic rings. The first kappa shape index (κ1) is 13.0. The first-order valence-corrected chi connectivity index (χ1v) is 6.15. The van der Waals surface area contributed by atoms with Crippen LogP contribution in [0.15, 0.2) is 12.7 Å². The molecule has 0 aromatic carbocycles. The van der Waals surface area contributed by atoms with Gasteiger partial charge in [0.1, 0.15) is 0 Å². The third-order valence-corrected chi connectivity index (χ3v) is 3.85. The van der Waals surface area contributed by atoms with Gasteiger partial charge in [-0.15, -0.1) is 6.58 Å². The molecule has 17 heavy (non-hydrogen) atoms. The Labute approximate surface area is 103 Å². The zero-order valence-electron chi connectivity index (χ0n) is 10.8. The van der Waals surface area contributed by atoms with Crippen molar-refractivity contribution in [3.05, 3.63) is 12.7 Å². The van der Waals surface area contributed by atoms with Crippen molar-refractivity contribution in [3.8, 4) is 0 Å². The van der Waals surface area contributed by atoms with Gasteiger partial charge >= 0.3 is 0 Å². The Bertz CT molecular complexity index is 277. The van der Waals surface area contributed by atoms with Crippen LogP contribution in [0.25, 0.3) is 0 Å². The zero-order chi connectivity index (χ0) is 12.7. The molecule has 0 radical (unpaired) electrons. The summed E-state index contributed by atoms with van der Waals surface area (Å²) in [4.78, 5) is 0. The molecule has 0 spiro atoms. The van der Waals surface area contributed by atoms with Gasteiger partial charge in [0.05, 0.1) is 31.8 Å². The van der Waals surface area contributed by atoms with E-state index in [2.05, 4.69) is 13.5 Å². The van der Waals surface area contributed by atoms with Gasteiger partial charge in [-0.2, -0.15) is 0 Å². The maximum atomic E-state index is 10.2. The number of fused-ring (bicyclic) bond motifs is 3. The van der Waals surface area contributed by atoms with Crippen LogP contribution < -0.4 is 0 Å². The average molecular weight is 242 g/mol. The molecular weight excluding hydrogens is 220 g/mol. The zero-order valence-corrected chi connectivity index (χ0v) is 10.8. The van der Waals surface area contributed by atoms with Crippen molar-refractivity contribution in [2.24, 2.45) is 17.3 Å². The van der Waals surface area contributed by atoms with E-state index in [4.69, 9.17) is 14.2 Å². The predicted molar refractivity (Wildman–Crippen MR) is 63.2 cm³/mol. The quantitative estimate of drug-likeness (QED) is 0.760. The highest BCUT2D eigenvalue weighted by Gasteiger charge is 2.55. The van der Waals surface area contributed by atoms with Crippen LogP contribution >= 0.6 is 0 Å². The van der Waals surface area contributed by atoms with Crippen LogP contribution in [0.5, 0.6) is 0 Å². The molecule has 3 fully saturated rings. The topological polar surface area (TPSA) is 47.9 Å². The fourth-order valence-electron chi connectivity index (χ4n) is 2.27. The van der Waals surface area contributed by atoms with Crippen molar-refractivity contribution in [2.75, 3.05) is 19.8 Å². The molecule has 0 aliphatic carbocycles. The van der Waals surface area contributed by atoms with Gasteiger partial charge < -0.3 is 19.3 Å². The SMILES string of the molecule is C=C[C@H](C)[C@H](O)[C@@H](C)C12OCC(C)(CO1)CO2. The molecule has 0 saturated carbocycles. The minimum absolute atomic E-state index is 0.0228. The van der Waals surface area contributed by atoms with Crippen LogP contribution in [0.4, 0.5) is 0 Å². The summed E-state index contributed by atoms with van der Waals surface area (Å²) in [6.45, 7) is 11.4. The Morgan fingerprint density at radius 1 is 1.18 bits per heavy atom. The molecule has 1 N–H and O–H groups in total. The van der Waals surface area contributed by atoms with E-state index in [0.29, 0.717) is 19.8 Å². The molecule has 0 aromatic heterocycles. The lowest BCUT2D eigenvalue weighted by atomic mass is 9.86. The van der Waals surface area contributed by atoms with E-state index in [9.17, 15) is 5.11 Å². The van der Waals surface area contributed by atoms with Gasteiger partial charge in [-0.25, -0.2) is 0 Å². The monoisotopic (exact) mass is 242 g/mol. The number of rotatable bonds is 4. The fourth-order valence-corrected chi connectivity index (χ4v) is 2.27. The Hall–Kier alpha value is -0.420. The first-order valence-electron chi connectivity index (χ1n) is 6.15. The van der Waals surface area contributed by atoms with Gasteiger partial charge in [0.2, 0.25) is 0 Å². The summed E-state index contributed by atoms with van der Waals surface area (Å²) in [6, 6.07) is 0. The summed E-state index contributed by atoms with van der Waals surface area (Å²) in [5.74, 6) is -1.35. The molecule has 2 bridgehead atoms. The second kappa shape index (κ2) is 4.35. The number of hydrogen-bond acceptors (Lipinski definition) is 4. The van der Waals surface area contributed by atoms with Crippen molar-refractivity contribution in [2.45, 2.75) is 32.8 Å². The maximum absolute atomic E-state index is 10.2. The highest BCUT2D eigenvalue weighted by Crippen LogP contribution is 2.43. The molecule has 3 atom stereocenters. The van der Waals surface area contributed by atoms with Gasteiger partial charge in [0.25, 0.3) is 5.97 Å². The van der Waals surface area contributed by atoms with E-state index in [-0.39, 0.29) is 17.3 Å². The lowest BCUT2D eigenvalue weighted by Crippen LogP contribution is -2.63. The van der Waals surface area contributed by atoms with Crippen LogP contribution in [0.1, 0.15) is 20.8 Å². The second-order valence-corrected chi connectivity index (χ2v) is 5.65. The van der Waals surface area contributed by atoms with E-state index in [1.807, 2.05) is 13.8 Å². The van der Waals surface area contributed by atoms with Gasteiger partial charge in [-0.05, 0) is 0 Å². The number of hydrogen-bond donors (Lipinski definition) is 1. The fraction of sp³-hybridized carbons (Fsp3) is 0.846. The van der Waals surface area contributed by atoms with Crippen LogP contribution in [-0.4, -0.2) is 37.0 Å². The van der Waals surface area contributed by atoms with Crippen LogP contribution in [0.2, 0.25) is 0 Å². The Kier molecular flexibility index (Phi) is 3.34. The summed E-state index contributed by atoms with van der Waals surface area (Å²) in [5, 5.41) is 10.2. The summed E-state index contributed by atoms with van der Waals surface area (Å²) in [6.07, 6.45) is 1.14. The normalized spacial score (nSPS) is 41.9. The number of aliphatic hydroxyl groups excluding tert-OH is 1. The van der Waals surface area contributed by atoms with Crippen molar-refractivity contribution < 1.29 is 19.3 Å². The largest absolute Gasteiger partial charge is 0.392 e. The summed E-state index contributed by atoms with van der Waals surface area (Å²) >= 11 is 0. The highest BCUT2D eigenvalue weighted by atomic mass is 16.9. The van der Waals surface area contributed by atoms with Crippen LogP contribution in [-0.2, 0) is 14.2 Å². The molecule has 3 rings (SSSR count). The standard InChI is InChI=1S/C13H22O4/c1-5-9(2)11(14)10(3)13-15-6-12(4,7-16-13)8-17-13/h5,9-11,14H,1,6-8H2,2-4H3/t9-,10+,11-,12?,13?/m0/s1. The molecule has 4 nitrogen and oxygen atoms in total. The van der Waals surface area contributed by atoms with Gasteiger partial charge in [0.15, 0.2) is 0 Å². The molecule has 0 unspecified atom stereocenters. The minimum Gasteiger partial charge on any atom is -0.392 e. The molecule has 3 aliphatic rings. The van der Waals surface area contributed by atoms with Gasteiger partial charge in [-0.1, -0.05) is 26.8 Å². The molecule has 4 heteroatoms. The molecule has 3 heterocycles. The Morgan fingerprint density at radius 2 is 1.65 bits per heavy atom. The van der Waals surface area contributed by atoms with E-state index >= 15 is 0 Å². The number of aliphatic hydroxyl groups is 1. The lowest BCUT2D eigenvalue weighted by molar-refractivity contribution is -0.487. The van der Waals surface area contributed by atoms with E-state index < -0.39 is 12.1 Å². The smallest absolute Gasteiger partial charge is 0.288 e. The van der Waals surface area contributed by atoms with E-state index in [0.717, 1.165) is 0 Å². The van der Waals surface area contributed by atoms with Crippen molar-refractivity contribution in [1.29, 1.82) is 0 Å². The van der Waals surface area contributed by atoms with Gasteiger partial charge in [0, 0.05) is 11.3 Å². The average Bonchev–Trinajstić information content (AvgIpc) is 2.37.